The maximum Gasteiger partial charge on any atom is 0.301 e. The Balaban J connectivity index is 2.90. The number of rotatable bonds is 1. The third-order valence-electron chi connectivity index (χ3n) is 1.28. The standard InChI is InChI=1S/C7H8FN3O/c1-5-3-10-6(4-9-5)7(12)11(2)8/h3-4H,1-2H3. The van der Waals surface area contributed by atoms with Gasteiger partial charge in [0.25, 0.3) is 0 Å². The zero-order chi connectivity index (χ0) is 9.14. The molecule has 4 nitrogen and oxygen atoms in total. The van der Waals surface area contributed by atoms with Crippen LogP contribution in [0, 0.1) is 6.92 Å². The van der Waals surface area contributed by atoms with Gasteiger partial charge in [-0.25, -0.2) is 4.98 Å². The molecule has 5 heteroatoms. The van der Waals surface area contributed by atoms with Gasteiger partial charge in [-0.1, -0.05) is 4.48 Å². The summed E-state index contributed by atoms with van der Waals surface area (Å²) in [7, 11) is 1.02. The molecule has 0 aliphatic heterocycles. The van der Waals surface area contributed by atoms with E-state index < -0.39 is 5.91 Å². The summed E-state index contributed by atoms with van der Waals surface area (Å²) in [5, 5.41) is -0.0284. The maximum atomic E-state index is 12.3. The Hall–Kier alpha value is -1.52. The van der Waals surface area contributed by atoms with Crippen LogP contribution in [0.3, 0.4) is 0 Å². The summed E-state index contributed by atoms with van der Waals surface area (Å²) in [6, 6.07) is 0. The predicted octanol–water partition coefficient (Wildman–Crippen LogP) is 0.742. The molecule has 0 fully saturated rings. The first kappa shape index (κ1) is 8.58. The van der Waals surface area contributed by atoms with Crippen molar-refractivity contribution in [3.05, 3.63) is 23.8 Å². The molecule has 1 aromatic rings. The summed E-state index contributed by atoms with van der Waals surface area (Å²) in [4.78, 5) is 18.4. The molecule has 12 heavy (non-hydrogen) atoms. The van der Waals surface area contributed by atoms with Crippen LogP contribution < -0.4 is 0 Å². The number of hydrogen-bond acceptors (Lipinski definition) is 3. The van der Waals surface area contributed by atoms with E-state index in [1.807, 2.05) is 0 Å². The minimum Gasteiger partial charge on any atom is -0.265 e. The van der Waals surface area contributed by atoms with Crippen LogP contribution >= 0.6 is 0 Å². The van der Waals surface area contributed by atoms with E-state index >= 15 is 0 Å². The molecule has 0 N–H and O–H groups in total. The normalized spacial score (nSPS) is 9.58. The zero-order valence-electron chi connectivity index (χ0n) is 6.78. The molecule has 0 atom stereocenters. The maximum absolute atomic E-state index is 12.3. The van der Waals surface area contributed by atoms with Gasteiger partial charge in [-0.15, -0.1) is 0 Å². The highest BCUT2D eigenvalue weighted by atomic mass is 19.2. The van der Waals surface area contributed by atoms with E-state index in [1.54, 1.807) is 6.92 Å². The minimum atomic E-state index is -0.789. The summed E-state index contributed by atoms with van der Waals surface area (Å²) >= 11 is 0. The highest BCUT2D eigenvalue weighted by molar-refractivity contribution is 5.90. The molecule has 1 amide bonds. The summed E-state index contributed by atoms with van der Waals surface area (Å²) < 4.78 is 12.3. The number of halogens is 1. The number of aryl methyl sites for hydroxylation is 1. The van der Waals surface area contributed by atoms with Crippen molar-refractivity contribution in [1.29, 1.82) is 0 Å². The van der Waals surface area contributed by atoms with E-state index in [0.717, 1.165) is 7.05 Å². The molecule has 0 aliphatic carbocycles. The summed E-state index contributed by atoms with van der Waals surface area (Å²) in [6.45, 7) is 1.74. The Morgan fingerprint density at radius 2 is 2.17 bits per heavy atom. The van der Waals surface area contributed by atoms with Crippen LogP contribution in [0.1, 0.15) is 16.2 Å². The smallest absolute Gasteiger partial charge is 0.265 e. The van der Waals surface area contributed by atoms with Crippen LogP contribution in [-0.4, -0.2) is 28.0 Å². The Morgan fingerprint density at radius 1 is 1.50 bits per heavy atom. The van der Waals surface area contributed by atoms with Crippen molar-refractivity contribution >= 4 is 5.91 Å². The SMILES string of the molecule is Cc1cnc(C(=O)N(C)F)cn1. The van der Waals surface area contributed by atoms with Gasteiger partial charge >= 0.3 is 5.91 Å². The molecule has 0 bridgehead atoms. The molecular formula is C7H8FN3O. The molecule has 1 rings (SSSR count). The molecule has 1 heterocycles. The van der Waals surface area contributed by atoms with Gasteiger partial charge in [0, 0.05) is 13.2 Å². The van der Waals surface area contributed by atoms with Gasteiger partial charge in [0.1, 0.15) is 5.69 Å². The fourth-order valence-corrected chi connectivity index (χ4v) is 0.661. The second-order valence-electron chi connectivity index (χ2n) is 2.33. The Morgan fingerprint density at radius 3 is 2.58 bits per heavy atom. The lowest BCUT2D eigenvalue weighted by molar-refractivity contribution is 0.0336. The largest absolute Gasteiger partial charge is 0.301 e. The van der Waals surface area contributed by atoms with Crippen LogP contribution in [0.5, 0.6) is 0 Å². The molecule has 0 spiro atoms. The first-order valence-corrected chi connectivity index (χ1v) is 3.33. The Labute approximate surface area is 69.0 Å². The van der Waals surface area contributed by atoms with Gasteiger partial charge < -0.3 is 0 Å². The second kappa shape index (κ2) is 3.25. The van der Waals surface area contributed by atoms with Gasteiger partial charge in [0.15, 0.2) is 0 Å². The van der Waals surface area contributed by atoms with Crippen molar-refractivity contribution in [2.75, 3.05) is 7.05 Å². The van der Waals surface area contributed by atoms with E-state index in [-0.39, 0.29) is 10.8 Å². The van der Waals surface area contributed by atoms with Crippen molar-refractivity contribution in [2.45, 2.75) is 6.92 Å². The van der Waals surface area contributed by atoms with Crippen molar-refractivity contribution < 1.29 is 9.28 Å². The van der Waals surface area contributed by atoms with Crippen LogP contribution in [-0.2, 0) is 0 Å². The summed E-state index contributed by atoms with van der Waals surface area (Å²) in [6.07, 6.45) is 2.66. The van der Waals surface area contributed by atoms with Gasteiger partial charge in [-0.3, -0.25) is 9.78 Å². The molecule has 64 valence electrons. The quantitative estimate of drug-likeness (QED) is 0.582. The molecule has 0 radical (unpaired) electrons. The molecular weight excluding hydrogens is 161 g/mol. The first-order chi connectivity index (χ1) is 5.61. The highest BCUT2D eigenvalue weighted by Gasteiger charge is 2.11. The molecule has 1 aromatic heterocycles. The lowest BCUT2D eigenvalue weighted by atomic mass is 10.4. The highest BCUT2D eigenvalue weighted by Crippen LogP contribution is 1.98. The minimum absolute atomic E-state index is 0.00519. The average Bonchev–Trinajstić information content (AvgIpc) is 2.04. The lowest BCUT2D eigenvalue weighted by Gasteiger charge is -2.03. The number of nitrogens with zero attached hydrogens (tertiary/aromatic N) is 3. The molecule has 0 unspecified atom stereocenters. The van der Waals surface area contributed by atoms with Crippen molar-refractivity contribution in [3.8, 4) is 0 Å². The van der Waals surface area contributed by atoms with Crippen LogP contribution in [0.25, 0.3) is 0 Å². The lowest BCUT2D eigenvalue weighted by Crippen LogP contribution is -2.19. The summed E-state index contributed by atoms with van der Waals surface area (Å²) in [5.41, 5.74) is 0.693. The Kier molecular flexibility index (Phi) is 2.32. The van der Waals surface area contributed by atoms with E-state index in [1.165, 1.54) is 12.4 Å². The third kappa shape index (κ3) is 1.75. The van der Waals surface area contributed by atoms with Crippen LogP contribution in [0.4, 0.5) is 4.48 Å². The fourth-order valence-electron chi connectivity index (χ4n) is 0.661. The molecule has 0 saturated heterocycles. The number of aromatic nitrogens is 2. The van der Waals surface area contributed by atoms with Crippen molar-refractivity contribution in [3.63, 3.8) is 0 Å². The predicted molar refractivity (Wildman–Crippen MR) is 40.0 cm³/mol. The Bertz CT molecular complexity index is 283. The topological polar surface area (TPSA) is 46.1 Å². The van der Waals surface area contributed by atoms with Crippen LogP contribution in [0.15, 0.2) is 12.4 Å². The first-order valence-electron chi connectivity index (χ1n) is 3.33. The fraction of sp³-hybridized carbons (Fsp3) is 0.286. The number of amides is 1. The molecule has 0 aliphatic rings. The van der Waals surface area contributed by atoms with Gasteiger partial charge in [-0.05, 0) is 6.92 Å². The number of carbonyl (C=O) groups is 1. The van der Waals surface area contributed by atoms with E-state index in [0.29, 0.717) is 5.69 Å². The van der Waals surface area contributed by atoms with E-state index in [9.17, 15) is 9.28 Å². The van der Waals surface area contributed by atoms with Crippen molar-refractivity contribution in [1.82, 2.24) is 15.1 Å². The van der Waals surface area contributed by atoms with Gasteiger partial charge in [-0.2, -0.15) is 5.12 Å². The molecule has 0 saturated carbocycles. The number of carbonyl (C=O) groups excluding carboxylic acids is 1. The van der Waals surface area contributed by atoms with Crippen molar-refractivity contribution in [2.24, 2.45) is 0 Å². The zero-order valence-corrected chi connectivity index (χ0v) is 6.78. The second-order valence-corrected chi connectivity index (χ2v) is 2.33. The third-order valence-corrected chi connectivity index (χ3v) is 1.28. The van der Waals surface area contributed by atoms with Gasteiger partial charge in [0.05, 0.1) is 11.9 Å². The van der Waals surface area contributed by atoms with Gasteiger partial charge in [0.2, 0.25) is 0 Å². The van der Waals surface area contributed by atoms with E-state index in [2.05, 4.69) is 9.97 Å². The van der Waals surface area contributed by atoms with Crippen LogP contribution in [0.2, 0.25) is 0 Å². The number of hydrogen-bond donors (Lipinski definition) is 0. The monoisotopic (exact) mass is 169 g/mol. The summed E-state index contributed by atoms with van der Waals surface area (Å²) in [5.74, 6) is -0.789. The molecule has 0 aromatic carbocycles. The van der Waals surface area contributed by atoms with E-state index in [4.69, 9.17) is 0 Å². The average molecular weight is 169 g/mol.